The second-order valence-electron chi connectivity index (χ2n) is 7.64. The van der Waals surface area contributed by atoms with Crippen molar-refractivity contribution in [1.82, 2.24) is 20.0 Å². The summed E-state index contributed by atoms with van der Waals surface area (Å²) in [5.74, 6) is -1.27. The summed E-state index contributed by atoms with van der Waals surface area (Å²) in [6.45, 7) is 0.749. The van der Waals surface area contributed by atoms with Gasteiger partial charge in [0.05, 0.1) is 5.84 Å². The number of halogens is 1. The average Bonchev–Trinajstić information content (AvgIpc) is 3.56. The van der Waals surface area contributed by atoms with Crippen LogP contribution in [0.25, 0.3) is 0 Å². The SMILES string of the molecule is Cl.N=C(N)CCCCCCC(=O)O.N=C(N)n1cccn1.NCCCCCCCC(=O)O.c1cn[nH]c1. The van der Waals surface area contributed by atoms with Gasteiger partial charge in [-0.05, 0) is 44.4 Å². The van der Waals surface area contributed by atoms with Crippen LogP contribution in [0.4, 0.5) is 0 Å². The van der Waals surface area contributed by atoms with Crippen LogP contribution in [0, 0.1) is 10.8 Å². The molecule has 0 aliphatic carbocycles. The first kappa shape index (κ1) is 38.1. The average molecular weight is 546 g/mol. The Labute approximate surface area is 224 Å². The van der Waals surface area contributed by atoms with E-state index in [1.807, 2.05) is 6.07 Å². The fourth-order valence-electron chi connectivity index (χ4n) is 2.52. The molecule has 0 bridgehead atoms. The zero-order valence-corrected chi connectivity index (χ0v) is 22.2. The lowest BCUT2D eigenvalue weighted by atomic mass is 10.1. The number of hydrogen-bond acceptors (Lipinski definition) is 7. The highest BCUT2D eigenvalue weighted by molar-refractivity contribution is 5.85. The molecule has 13 nitrogen and oxygen atoms in total. The molecule has 0 atom stereocenters. The van der Waals surface area contributed by atoms with Crippen LogP contribution in [0.5, 0.6) is 0 Å². The molecule has 212 valence electrons. The van der Waals surface area contributed by atoms with E-state index in [1.165, 1.54) is 4.68 Å². The highest BCUT2D eigenvalue weighted by atomic mass is 35.5. The van der Waals surface area contributed by atoms with Crippen molar-refractivity contribution in [2.75, 3.05) is 6.54 Å². The second kappa shape index (κ2) is 28.8. The molecular weight excluding hydrogens is 502 g/mol. The Hall–Kier alpha value is -3.45. The lowest BCUT2D eigenvalue weighted by molar-refractivity contribution is -0.138. The molecule has 0 fully saturated rings. The first-order chi connectivity index (χ1) is 17.2. The molecule has 14 heteroatoms. The van der Waals surface area contributed by atoms with Gasteiger partial charge >= 0.3 is 11.9 Å². The molecule has 0 unspecified atom stereocenters. The van der Waals surface area contributed by atoms with Crippen molar-refractivity contribution in [2.24, 2.45) is 17.2 Å². The zero-order chi connectivity index (χ0) is 27.4. The van der Waals surface area contributed by atoms with Crippen LogP contribution in [0.3, 0.4) is 0 Å². The number of unbranched alkanes of at least 4 members (excludes halogenated alkanes) is 7. The highest BCUT2D eigenvalue weighted by Crippen LogP contribution is 2.05. The molecule has 2 rings (SSSR count). The number of aromatic nitrogens is 4. The maximum absolute atomic E-state index is 10.1. The Morgan fingerprint density at radius 3 is 1.62 bits per heavy atom. The second-order valence-corrected chi connectivity index (χ2v) is 7.64. The van der Waals surface area contributed by atoms with Crippen molar-refractivity contribution in [3.63, 3.8) is 0 Å². The van der Waals surface area contributed by atoms with E-state index in [-0.39, 0.29) is 30.6 Å². The third-order valence-corrected chi connectivity index (χ3v) is 4.34. The third kappa shape index (κ3) is 34.8. The fraction of sp³-hybridized carbons (Fsp3) is 0.565. The number of nitrogen functional groups attached to an aromatic ring is 1. The monoisotopic (exact) mass is 545 g/mol. The summed E-state index contributed by atoms with van der Waals surface area (Å²) in [5.41, 5.74) is 15.5. The van der Waals surface area contributed by atoms with E-state index in [9.17, 15) is 9.59 Å². The number of rotatable bonds is 14. The molecule has 0 aliphatic rings. The van der Waals surface area contributed by atoms with Crippen LogP contribution in [0.2, 0.25) is 0 Å². The molecule has 11 N–H and O–H groups in total. The lowest BCUT2D eigenvalue weighted by Gasteiger charge is -1.98. The summed E-state index contributed by atoms with van der Waals surface area (Å²) < 4.78 is 1.28. The maximum Gasteiger partial charge on any atom is 0.303 e. The molecule has 2 heterocycles. The number of H-pyrrole nitrogens is 1. The number of nitrogens with zero attached hydrogens (tertiary/aromatic N) is 3. The Morgan fingerprint density at radius 2 is 1.32 bits per heavy atom. The van der Waals surface area contributed by atoms with Crippen LogP contribution in [0.1, 0.15) is 77.0 Å². The van der Waals surface area contributed by atoms with Crippen LogP contribution in [-0.2, 0) is 9.59 Å². The quantitative estimate of drug-likeness (QED) is 0.0983. The minimum absolute atomic E-state index is 0. The predicted octanol–water partition coefficient (Wildman–Crippen LogP) is 3.17. The van der Waals surface area contributed by atoms with Crippen molar-refractivity contribution < 1.29 is 19.8 Å². The van der Waals surface area contributed by atoms with Gasteiger partial charge in [-0.25, -0.2) is 4.68 Å². The standard InChI is InChI=1S/C8H16N2O2.C8H17NO2.C4H6N4.C3H4N2.ClH/c9-7(10)5-3-1-2-4-6-8(11)12;9-7-5-3-1-2-4-6-8(10)11;5-4(6)8-3-1-2-7-8;1-2-4-5-3-1;/h1-6H2,(H3,9,10)(H,11,12);1-7,9H2,(H,10,11);1-3H,(H3,5,6);1-3H,(H,4,5);1H. The topological polar surface area (TPSA) is 247 Å². The number of nitrogens with one attached hydrogen (secondary N) is 3. The Kier molecular flexibility index (Phi) is 29.6. The first-order valence-corrected chi connectivity index (χ1v) is 11.9. The van der Waals surface area contributed by atoms with E-state index >= 15 is 0 Å². The van der Waals surface area contributed by atoms with E-state index < -0.39 is 11.9 Å². The van der Waals surface area contributed by atoms with Gasteiger partial charge in [0.1, 0.15) is 0 Å². The minimum Gasteiger partial charge on any atom is -0.481 e. The summed E-state index contributed by atoms with van der Waals surface area (Å²) in [6, 6.07) is 3.54. The molecule has 37 heavy (non-hydrogen) atoms. The number of amidine groups is 1. The third-order valence-electron chi connectivity index (χ3n) is 4.34. The van der Waals surface area contributed by atoms with E-state index in [2.05, 4.69) is 15.3 Å². The van der Waals surface area contributed by atoms with Gasteiger partial charge in [-0.3, -0.25) is 25.5 Å². The van der Waals surface area contributed by atoms with Crippen molar-refractivity contribution in [1.29, 1.82) is 10.8 Å². The predicted molar refractivity (Wildman–Crippen MR) is 147 cm³/mol. The largest absolute Gasteiger partial charge is 0.481 e. The molecule has 2 aromatic heterocycles. The summed E-state index contributed by atoms with van der Waals surface area (Å²) in [4.78, 5) is 20.2. The van der Waals surface area contributed by atoms with Crippen molar-refractivity contribution >= 4 is 36.1 Å². The van der Waals surface area contributed by atoms with Gasteiger partial charge in [-0.15, -0.1) is 12.4 Å². The molecule has 0 saturated heterocycles. The number of carbonyl (C=O) groups is 2. The van der Waals surface area contributed by atoms with Gasteiger partial charge in [-0.1, -0.05) is 32.1 Å². The Balaban J connectivity index is -0.000000427. The number of nitrogens with two attached hydrogens (primary N) is 3. The summed E-state index contributed by atoms with van der Waals surface area (Å²) in [7, 11) is 0. The van der Waals surface area contributed by atoms with Gasteiger partial charge in [-0.2, -0.15) is 10.2 Å². The van der Waals surface area contributed by atoms with Crippen LogP contribution < -0.4 is 17.2 Å². The number of aromatic amines is 1. The summed E-state index contributed by atoms with van der Waals surface area (Å²) in [5, 5.41) is 40.2. The number of carboxylic acids is 2. The van der Waals surface area contributed by atoms with E-state index in [1.54, 1.807) is 30.9 Å². The molecular formula is C23H44ClN9O4. The molecule has 0 aromatic carbocycles. The van der Waals surface area contributed by atoms with Crippen molar-refractivity contribution in [3.05, 3.63) is 36.9 Å². The van der Waals surface area contributed by atoms with Crippen LogP contribution in [-0.4, -0.2) is 60.5 Å². The lowest BCUT2D eigenvalue weighted by Crippen LogP contribution is -2.20. The minimum atomic E-state index is -0.735. The molecule has 0 amide bonds. The van der Waals surface area contributed by atoms with Crippen molar-refractivity contribution in [2.45, 2.75) is 77.0 Å². The van der Waals surface area contributed by atoms with Crippen LogP contribution in [0.15, 0.2) is 36.9 Å². The molecule has 0 spiro atoms. The highest BCUT2D eigenvalue weighted by Gasteiger charge is 1.97. The molecule has 2 aromatic rings. The van der Waals surface area contributed by atoms with Gasteiger partial charge in [0.25, 0.3) is 0 Å². The fourth-order valence-corrected chi connectivity index (χ4v) is 2.52. The maximum atomic E-state index is 10.1. The van der Waals surface area contributed by atoms with E-state index in [0.29, 0.717) is 12.8 Å². The number of carboxylic acid groups (broad SMARTS) is 2. The summed E-state index contributed by atoms with van der Waals surface area (Å²) in [6.07, 6.45) is 16.5. The van der Waals surface area contributed by atoms with Gasteiger partial charge in [0.15, 0.2) is 0 Å². The first-order valence-electron chi connectivity index (χ1n) is 11.9. The number of hydrogen-bond donors (Lipinski definition) is 8. The summed E-state index contributed by atoms with van der Waals surface area (Å²) >= 11 is 0. The molecule has 0 aliphatic heterocycles. The van der Waals surface area contributed by atoms with Gasteiger partial charge in [0.2, 0.25) is 5.96 Å². The smallest absolute Gasteiger partial charge is 0.303 e. The zero-order valence-electron chi connectivity index (χ0n) is 21.3. The Bertz CT molecular complexity index is 753. The van der Waals surface area contributed by atoms with E-state index in [0.717, 1.165) is 64.3 Å². The van der Waals surface area contributed by atoms with Gasteiger partial charge < -0.3 is 27.4 Å². The van der Waals surface area contributed by atoms with Crippen LogP contribution >= 0.6 is 12.4 Å². The van der Waals surface area contributed by atoms with Gasteiger partial charge in [0, 0.05) is 44.0 Å². The van der Waals surface area contributed by atoms with E-state index in [4.69, 9.17) is 38.2 Å². The Morgan fingerprint density at radius 1 is 0.811 bits per heavy atom. The molecule has 0 saturated carbocycles. The van der Waals surface area contributed by atoms with Crippen molar-refractivity contribution in [3.8, 4) is 0 Å². The molecule has 0 radical (unpaired) electrons. The normalized spacial score (nSPS) is 9.11. The number of aliphatic carboxylic acids is 2.